The van der Waals surface area contributed by atoms with Gasteiger partial charge in [-0.1, -0.05) is 29.3 Å². The van der Waals surface area contributed by atoms with Crippen LogP contribution in [0.25, 0.3) is 6.08 Å². The average Bonchev–Trinajstić information content (AvgIpc) is 2.16. The summed E-state index contributed by atoms with van der Waals surface area (Å²) >= 11 is 11.8. The fourth-order valence-electron chi connectivity index (χ4n) is 0.912. The molecule has 0 aliphatic heterocycles. The van der Waals surface area contributed by atoms with Crippen LogP contribution in [-0.2, 0) is 4.79 Å². The molecule has 0 heterocycles. The highest BCUT2D eigenvalue weighted by Crippen LogP contribution is 2.25. The van der Waals surface area contributed by atoms with Crippen molar-refractivity contribution in [3.8, 4) is 0 Å². The number of amides is 1. The van der Waals surface area contributed by atoms with E-state index in [1.54, 1.807) is 31.3 Å². The van der Waals surface area contributed by atoms with Crippen LogP contribution >= 0.6 is 23.2 Å². The van der Waals surface area contributed by atoms with Gasteiger partial charge < -0.3 is 5.32 Å². The van der Waals surface area contributed by atoms with Crippen molar-refractivity contribution in [1.29, 1.82) is 0 Å². The number of carbonyl (C=O) groups is 1. The Morgan fingerprint density at radius 3 is 2.43 bits per heavy atom. The zero-order chi connectivity index (χ0) is 10.6. The third-order valence-corrected chi connectivity index (χ3v) is 2.31. The molecule has 1 rings (SSSR count). The molecule has 0 saturated carbocycles. The highest BCUT2D eigenvalue weighted by Gasteiger charge is 2.01. The number of halogens is 2. The molecule has 74 valence electrons. The molecular weight excluding hydrogens is 221 g/mol. The minimum atomic E-state index is -0.194. The van der Waals surface area contributed by atoms with Gasteiger partial charge in [-0.05, 0) is 18.2 Å². The Labute approximate surface area is 92.5 Å². The van der Waals surface area contributed by atoms with E-state index in [0.717, 1.165) is 0 Å². The van der Waals surface area contributed by atoms with Crippen molar-refractivity contribution >= 4 is 35.2 Å². The van der Waals surface area contributed by atoms with Crippen LogP contribution in [0.4, 0.5) is 0 Å². The van der Waals surface area contributed by atoms with E-state index in [-0.39, 0.29) is 5.91 Å². The predicted molar refractivity (Wildman–Crippen MR) is 59.6 cm³/mol. The van der Waals surface area contributed by atoms with Crippen LogP contribution in [0.15, 0.2) is 24.3 Å². The number of benzene rings is 1. The summed E-state index contributed by atoms with van der Waals surface area (Å²) in [5, 5.41) is 3.51. The molecule has 0 spiro atoms. The molecule has 2 nitrogen and oxygen atoms in total. The van der Waals surface area contributed by atoms with Crippen molar-refractivity contribution in [3.05, 3.63) is 39.9 Å². The molecule has 0 aliphatic carbocycles. The van der Waals surface area contributed by atoms with E-state index < -0.39 is 0 Å². The first-order valence-electron chi connectivity index (χ1n) is 3.99. The maximum atomic E-state index is 10.9. The van der Waals surface area contributed by atoms with Gasteiger partial charge in [0.15, 0.2) is 0 Å². The van der Waals surface area contributed by atoms with Crippen LogP contribution in [0.5, 0.6) is 0 Å². The summed E-state index contributed by atoms with van der Waals surface area (Å²) < 4.78 is 0. The molecule has 1 aromatic carbocycles. The lowest BCUT2D eigenvalue weighted by molar-refractivity contribution is -0.115. The fraction of sp³-hybridized carbons (Fsp3) is 0.100. The second-order valence-corrected chi connectivity index (χ2v) is 3.40. The van der Waals surface area contributed by atoms with Crippen LogP contribution in [0, 0.1) is 0 Å². The van der Waals surface area contributed by atoms with Crippen molar-refractivity contribution in [2.45, 2.75) is 0 Å². The van der Waals surface area contributed by atoms with Gasteiger partial charge in [0.25, 0.3) is 0 Å². The second-order valence-electron chi connectivity index (χ2n) is 2.58. The maximum absolute atomic E-state index is 10.9. The Bertz CT molecular complexity index is 354. The van der Waals surface area contributed by atoms with Gasteiger partial charge >= 0.3 is 0 Å². The summed E-state index contributed by atoms with van der Waals surface area (Å²) in [6.45, 7) is 0. The molecular formula is C10H9Cl2NO. The Morgan fingerprint density at radius 1 is 1.36 bits per heavy atom. The molecule has 0 atom stereocenters. The fourth-order valence-corrected chi connectivity index (χ4v) is 1.44. The molecule has 1 aromatic rings. The second kappa shape index (κ2) is 5.03. The molecule has 14 heavy (non-hydrogen) atoms. The van der Waals surface area contributed by atoms with Gasteiger partial charge in [-0.25, -0.2) is 0 Å². The zero-order valence-electron chi connectivity index (χ0n) is 7.55. The summed E-state index contributed by atoms with van der Waals surface area (Å²) in [4.78, 5) is 10.9. The number of likely N-dealkylation sites (N-methyl/N-ethyl adjacent to an activating group) is 1. The van der Waals surface area contributed by atoms with Crippen LogP contribution < -0.4 is 5.32 Å². The van der Waals surface area contributed by atoms with E-state index in [0.29, 0.717) is 15.6 Å². The van der Waals surface area contributed by atoms with Gasteiger partial charge in [-0.3, -0.25) is 4.79 Å². The Balaban J connectivity index is 2.96. The predicted octanol–water partition coefficient (Wildman–Crippen LogP) is 2.75. The third kappa shape index (κ3) is 2.76. The summed E-state index contributed by atoms with van der Waals surface area (Å²) in [5.41, 5.74) is 0.652. The van der Waals surface area contributed by atoms with E-state index >= 15 is 0 Å². The molecule has 1 N–H and O–H groups in total. The number of rotatable bonds is 2. The number of hydrogen-bond donors (Lipinski definition) is 1. The summed E-state index contributed by atoms with van der Waals surface area (Å²) in [6, 6.07) is 5.19. The summed E-state index contributed by atoms with van der Waals surface area (Å²) in [5.74, 6) is -0.194. The van der Waals surface area contributed by atoms with Gasteiger partial charge in [0.1, 0.15) is 0 Å². The van der Waals surface area contributed by atoms with Crippen LogP contribution in [0.2, 0.25) is 10.0 Å². The van der Waals surface area contributed by atoms with E-state index in [9.17, 15) is 4.79 Å². The lowest BCUT2D eigenvalue weighted by Gasteiger charge is -2.00. The van der Waals surface area contributed by atoms with Gasteiger partial charge in [0, 0.05) is 28.7 Å². The largest absolute Gasteiger partial charge is 0.356 e. The molecule has 0 aromatic heterocycles. The minimum absolute atomic E-state index is 0.194. The number of carbonyl (C=O) groups excluding carboxylic acids is 1. The minimum Gasteiger partial charge on any atom is -0.356 e. The van der Waals surface area contributed by atoms with Crippen LogP contribution in [-0.4, -0.2) is 13.0 Å². The quantitative estimate of drug-likeness (QED) is 0.777. The van der Waals surface area contributed by atoms with Crippen molar-refractivity contribution in [1.82, 2.24) is 5.32 Å². The molecule has 0 saturated heterocycles. The standard InChI is InChI=1S/C10H9Cl2NO/c1-13-10(14)6-5-7-8(11)3-2-4-9(7)12/h2-6H,1H3,(H,13,14)/b6-5-. The SMILES string of the molecule is CNC(=O)/C=C\c1c(Cl)cccc1Cl. The molecule has 0 aliphatic rings. The van der Waals surface area contributed by atoms with Crippen molar-refractivity contribution in [3.63, 3.8) is 0 Å². The first kappa shape index (κ1) is 11.1. The Hall–Kier alpha value is -0.990. The average molecular weight is 230 g/mol. The highest BCUT2D eigenvalue weighted by atomic mass is 35.5. The molecule has 4 heteroatoms. The van der Waals surface area contributed by atoms with Crippen molar-refractivity contribution in [2.75, 3.05) is 7.05 Å². The van der Waals surface area contributed by atoms with Gasteiger partial charge in [-0.15, -0.1) is 0 Å². The Morgan fingerprint density at radius 2 is 1.93 bits per heavy atom. The van der Waals surface area contributed by atoms with Gasteiger partial charge in [0.2, 0.25) is 5.91 Å². The lowest BCUT2D eigenvalue weighted by atomic mass is 10.2. The van der Waals surface area contributed by atoms with E-state index in [2.05, 4.69) is 5.32 Å². The number of hydrogen-bond acceptors (Lipinski definition) is 1. The Kier molecular flexibility index (Phi) is 3.98. The molecule has 0 bridgehead atoms. The highest BCUT2D eigenvalue weighted by molar-refractivity contribution is 6.37. The maximum Gasteiger partial charge on any atom is 0.243 e. The van der Waals surface area contributed by atoms with E-state index in [1.807, 2.05) is 0 Å². The smallest absolute Gasteiger partial charge is 0.243 e. The molecule has 0 radical (unpaired) electrons. The monoisotopic (exact) mass is 229 g/mol. The molecule has 1 amide bonds. The van der Waals surface area contributed by atoms with E-state index in [1.165, 1.54) is 6.08 Å². The zero-order valence-corrected chi connectivity index (χ0v) is 9.06. The van der Waals surface area contributed by atoms with Crippen LogP contribution in [0.3, 0.4) is 0 Å². The summed E-state index contributed by atoms with van der Waals surface area (Å²) in [7, 11) is 1.56. The third-order valence-electron chi connectivity index (χ3n) is 1.65. The van der Waals surface area contributed by atoms with Crippen molar-refractivity contribution < 1.29 is 4.79 Å². The molecule has 0 unspecified atom stereocenters. The normalized spacial score (nSPS) is 10.5. The van der Waals surface area contributed by atoms with Crippen molar-refractivity contribution in [2.24, 2.45) is 0 Å². The molecule has 0 fully saturated rings. The van der Waals surface area contributed by atoms with Crippen LogP contribution in [0.1, 0.15) is 5.56 Å². The first-order valence-corrected chi connectivity index (χ1v) is 4.74. The summed E-state index contributed by atoms with van der Waals surface area (Å²) in [6.07, 6.45) is 2.97. The van der Waals surface area contributed by atoms with Gasteiger partial charge in [0.05, 0.1) is 0 Å². The lowest BCUT2D eigenvalue weighted by Crippen LogP contribution is -2.13. The topological polar surface area (TPSA) is 29.1 Å². The number of nitrogens with one attached hydrogen (secondary N) is 1. The van der Waals surface area contributed by atoms with E-state index in [4.69, 9.17) is 23.2 Å². The first-order chi connectivity index (χ1) is 6.65. The van der Waals surface area contributed by atoms with Gasteiger partial charge in [-0.2, -0.15) is 0 Å².